The molecule has 1 N–H and O–H groups in total. The van der Waals surface area contributed by atoms with E-state index in [2.05, 4.69) is 26.8 Å². The van der Waals surface area contributed by atoms with Gasteiger partial charge >= 0.3 is 0 Å². The Balaban J connectivity index is 2.45. The molecule has 0 aliphatic rings. The van der Waals surface area contributed by atoms with Gasteiger partial charge in [-0.15, -0.1) is 0 Å². The molecule has 1 atom stereocenters. The number of aliphatic hydroxyl groups is 1. The number of rotatable bonds is 3. The fourth-order valence-corrected chi connectivity index (χ4v) is 2.41. The second-order valence-electron chi connectivity index (χ2n) is 6.02. The third-order valence-electron chi connectivity index (χ3n) is 3.47. The smallest absolute Gasteiger partial charge is 0.119 e. The van der Waals surface area contributed by atoms with Crippen LogP contribution in [-0.4, -0.2) is 12.2 Å². The van der Waals surface area contributed by atoms with Crippen molar-refractivity contribution in [3.8, 4) is 5.75 Å². The third-order valence-corrected chi connectivity index (χ3v) is 3.47. The zero-order chi connectivity index (χ0) is 14.8. The van der Waals surface area contributed by atoms with Gasteiger partial charge in [0.25, 0.3) is 0 Å². The molecule has 106 valence electrons. The van der Waals surface area contributed by atoms with E-state index < -0.39 is 6.10 Å². The van der Waals surface area contributed by atoms with Crippen LogP contribution in [0.5, 0.6) is 5.75 Å². The minimum absolute atomic E-state index is 0.00353. The largest absolute Gasteiger partial charge is 0.497 e. The van der Waals surface area contributed by atoms with Gasteiger partial charge in [-0.2, -0.15) is 0 Å². The molecule has 1 unspecified atom stereocenters. The van der Waals surface area contributed by atoms with E-state index in [1.165, 1.54) is 0 Å². The second kappa shape index (κ2) is 5.68. The first-order valence-corrected chi connectivity index (χ1v) is 6.85. The lowest BCUT2D eigenvalue weighted by Crippen LogP contribution is -2.16. The molecule has 0 bridgehead atoms. The number of benzene rings is 2. The third kappa shape index (κ3) is 3.02. The van der Waals surface area contributed by atoms with E-state index >= 15 is 0 Å². The van der Waals surface area contributed by atoms with Crippen LogP contribution in [0.15, 0.2) is 48.5 Å². The Morgan fingerprint density at radius 3 is 2.35 bits per heavy atom. The van der Waals surface area contributed by atoms with Crippen LogP contribution in [0.25, 0.3) is 0 Å². The average Bonchev–Trinajstić information content (AvgIpc) is 2.45. The second-order valence-corrected chi connectivity index (χ2v) is 6.02. The van der Waals surface area contributed by atoms with E-state index in [0.717, 1.165) is 22.4 Å². The molecule has 2 aromatic rings. The highest BCUT2D eigenvalue weighted by molar-refractivity contribution is 5.41. The molecular formula is C18H22O2. The fraction of sp³-hybridized carbons (Fsp3) is 0.333. The highest BCUT2D eigenvalue weighted by atomic mass is 16.5. The normalized spacial score (nSPS) is 13.1. The molecule has 0 aliphatic carbocycles. The monoisotopic (exact) mass is 270 g/mol. The summed E-state index contributed by atoms with van der Waals surface area (Å²) in [6.07, 6.45) is -0.638. The minimum atomic E-state index is -0.638. The first kappa shape index (κ1) is 14.6. The summed E-state index contributed by atoms with van der Waals surface area (Å²) in [5.41, 5.74) is 2.96. The molecule has 0 amide bonds. The van der Waals surface area contributed by atoms with Crippen molar-refractivity contribution in [2.24, 2.45) is 0 Å². The Morgan fingerprint density at radius 2 is 1.70 bits per heavy atom. The Morgan fingerprint density at radius 1 is 1.00 bits per heavy atom. The predicted molar refractivity (Wildman–Crippen MR) is 82.2 cm³/mol. The van der Waals surface area contributed by atoms with Crippen LogP contribution >= 0.6 is 0 Å². The molecule has 0 spiro atoms. The molecule has 2 heteroatoms. The van der Waals surface area contributed by atoms with Gasteiger partial charge in [-0.1, -0.05) is 57.2 Å². The lowest BCUT2D eigenvalue weighted by atomic mass is 9.81. The lowest BCUT2D eigenvalue weighted by Gasteiger charge is -2.25. The van der Waals surface area contributed by atoms with Crippen LogP contribution in [0.3, 0.4) is 0 Å². The Bertz CT molecular complexity index is 582. The van der Waals surface area contributed by atoms with Crippen LogP contribution in [0.4, 0.5) is 0 Å². The molecule has 0 saturated heterocycles. The van der Waals surface area contributed by atoms with E-state index in [4.69, 9.17) is 4.74 Å². The summed E-state index contributed by atoms with van der Waals surface area (Å²) < 4.78 is 5.23. The van der Waals surface area contributed by atoms with Gasteiger partial charge in [0, 0.05) is 0 Å². The maximum absolute atomic E-state index is 10.7. The van der Waals surface area contributed by atoms with Crippen molar-refractivity contribution in [1.29, 1.82) is 0 Å². The van der Waals surface area contributed by atoms with E-state index in [1.807, 2.05) is 42.5 Å². The molecule has 2 rings (SSSR count). The highest BCUT2D eigenvalue weighted by Gasteiger charge is 2.22. The van der Waals surface area contributed by atoms with Crippen LogP contribution in [0, 0.1) is 0 Å². The van der Waals surface area contributed by atoms with E-state index in [-0.39, 0.29) is 5.41 Å². The zero-order valence-electron chi connectivity index (χ0n) is 12.6. The van der Waals surface area contributed by atoms with Crippen LogP contribution in [-0.2, 0) is 5.41 Å². The molecule has 0 saturated carbocycles. The average molecular weight is 270 g/mol. The van der Waals surface area contributed by atoms with Crippen molar-refractivity contribution >= 4 is 0 Å². The molecule has 0 radical (unpaired) electrons. The summed E-state index contributed by atoms with van der Waals surface area (Å²) in [5, 5.41) is 10.7. The van der Waals surface area contributed by atoms with Crippen molar-refractivity contribution in [2.75, 3.05) is 7.11 Å². The van der Waals surface area contributed by atoms with Gasteiger partial charge in [0.2, 0.25) is 0 Å². The SMILES string of the molecule is COc1cccc(C(O)c2ccccc2C(C)(C)C)c1. The van der Waals surface area contributed by atoms with Crippen molar-refractivity contribution in [2.45, 2.75) is 32.3 Å². The van der Waals surface area contributed by atoms with Gasteiger partial charge in [0.1, 0.15) is 11.9 Å². The number of ether oxygens (including phenoxy) is 1. The van der Waals surface area contributed by atoms with E-state index in [0.29, 0.717) is 0 Å². The predicted octanol–water partition coefficient (Wildman–Crippen LogP) is 4.07. The quantitative estimate of drug-likeness (QED) is 0.910. The number of hydrogen-bond acceptors (Lipinski definition) is 2. The fourth-order valence-electron chi connectivity index (χ4n) is 2.41. The molecule has 2 nitrogen and oxygen atoms in total. The maximum Gasteiger partial charge on any atom is 0.119 e. The van der Waals surface area contributed by atoms with Gasteiger partial charge in [-0.3, -0.25) is 0 Å². The summed E-state index contributed by atoms with van der Waals surface area (Å²) in [7, 11) is 1.63. The Hall–Kier alpha value is -1.80. The molecule has 20 heavy (non-hydrogen) atoms. The summed E-state index contributed by atoms with van der Waals surface area (Å²) in [6.45, 7) is 6.47. The summed E-state index contributed by atoms with van der Waals surface area (Å²) in [6, 6.07) is 15.6. The summed E-state index contributed by atoms with van der Waals surface area (Å²) in [5.74, 6) is 0.759. The first-order valence-electron chi connectivity index (χ1n) is 6.85. The number of hydrogen-bond donors (Lipinski definition) is 1. The standard InChI is InChI=1S/C18H22O2/c1-18(2,3)16-11-6-5-10-15(16)17(19)13-8-7-9-14(12-13)20-4/h5-12,17,19H,1-4H3. The van der Waals surface area contributed by atoms with Gasteiger partial charge in [0.15, 0.2) is 0 Å². The Kier molecular flexibility index (Phi) is 4.15. The highest BCUT2D eigenvalue weighted by Crippen LogP contribution is 2.33. The van der Waals surface area contributed by atoms with Gasteiger partial charge < -0.3 is 9.84 Å². The zero-order valence-corrected chi connectivity index (χ0v) is 12.6. The van der Waals surface area contributed by atoms with Gasteiger partial charge in [-0.05, 0) is 34.2 Å². The first-order chi connectivity index (χ1) is 9.43. The van der Waals surface area contributed by atoms with Gasteiger partial charge in [-0.25, -0.2) is 0 Å². The van der Waals surface area contributed by atoms with E-state index in [1.54, 1.807) is 7.11 Å². The molecule has 0 fully saturated rings. The lowest BCUT2D eigenvalue weighted by molar-refractivity contribution is 0.217. The van der Waals surface area contributed by atoms with Crippen LogP contribution in [0.1, 0.15) is 43.6 Å². The van der Waals surface area contributed by atoms with Crippen LogP contribution < -0.4 is 4.74 Å². The molecule has 0 heterocycles. The molecule has 2 aromatic carbocycles. The van der Waals surface area contributed by atoms with E-state index in [9.17, 15) is 5.11 Å². The topological polar surface area (TPSA) is 29.5 Å². The van der Waals surface area contributed by atoms with Crippen molar-refractivity contribution < 1.29 is 9.84 Å². The number of methoxy groups -OCH3 is 1. The van der Waals surface area contributed by atoms with Crippen molar-refractivity contribution in [1.82, 2.24) is 0 Å². The van der Waals surface area contributed by atoms with Gasteiger partial charge in [0.05, 0.1) is 7.11 Å². The summed E-state index contributed by atoms with van der Waals surface area (Å²) in [4.78, 5) is 0. The maximum atomic E-state index is 10.7. The van der Waals surface area contributed by atoms with Crippen molar-refractivity contribution in [3.05, 3.63) is 65.2 Å². The molecule has 0 aromatic heterocycles. The summed E-state index contributed by atoms with van der Waals surface area (Å²) >= 11 is 0. The van der Waals surface area contributed by atoms with Crippen LogP contribution in [0.2, 0.25) is 0 Å². The molecule has 0 aliphatic heterocycles. The van der Waals surface area contributed by atoms with Crippen molar-refractivity contribution in [3.63, 3.8) is 0 Å². The number of aliphatic hydroxyl groups excluding tert-OH is 1. The molecular weight excluding hydrogens is 248 g/mol. The Labute approximate surface area is 121 Å². The minimum Gasteiger partial charge on any atom is -0.497 e.